The van der Waals surface area contributed by atoms with E-state index in [-0.39, 0.29) is 5.38 Å². The molecule has 0 aliphatic heterocycles. The molecule has 0 saturated carbocycles. The molecule has 0 saturated heterocycles. The summed E-state index contributed by atoms with van der Waals surface area (Å²) < 4.78 is 5.07. The number of hydrogen-bond donors (Lipinski definition) is 0. The molecule has 1 aliphatic carbocycles. The quantitative estimate of drug-likeness (QED) is 0.472. The molecule has 0 radical (unpaired) electrons. The van der Waals surface area contributed by atoms with Crippen LogP contribution in [-0.4, -0.2) is 19.1 Å². The molecule has 1 aliphatic rings. The summed E-state index contributed by atoms with van der Waals surface area (Å²) >= 11 is 5.93. The van der Waals surface area contributed by atoms with Crippen molar-refractivity contribution in [2.45, 2.75) is 25.1 Å². The first-order valence-corrected chi connectivity index (χ1v) is 4.51. The molecule has 0 spiro atoms. The molecule has 1 rings (SSSR count). The maximum Gasteiger partial charge on any atom is 0.0525 e. The Bertz CT molecular complexity index is 154. The van der Waals surface area contributed by atoms with E-state index in [9.17, 15) is 0 Å². The Morgan fingerprint density at radius 1 is 1.82 bits per heavy atom. The van der Waals surface area contributed by atoms with E-state index in [4.69, 9.17) is 16.3 Å². The van der Waals surface area contributed by atoms with Crippen molar-refractivity contribution in [3.05, 3.63) is 11.6 Å². The molecule has 0 fully saturated rings. The number of alkyl halides is 1. The molecule has 0 aromatic rings. The summed E-state index contributed by atoms with van der Waals surface area (Å²) in [4.78, 5) is 0. The van der Waals surface area contributed by atoms with Gasteiger partial charge in [0, 0.05) is 13.0 Å². The number of ether oxygens (including phenoxy) is 1. The van der Waals surface area contributed by atoms with Crippen molar-refractivity contribution in [3.8, 4) is 0 Å². The van der Waals surface area contributed by atoms with Crippen molar-refractivity contribution < 1.29 is 4.74 Å². The molecule has 0 aromatic carbocycles. The Labute approximate surface area is 73.4 Å². The predicted octanol–water partition coefficient (Wildman–Crippen LogP) is 2.60. The highest BCUT2D eigenvalue weighted by atomic mass is 35.5. The number of rotatable bonds is 3. The molecule has 1 nitrogen and oxygen atoms in total. The van der Waals surface area contributed by atoms with Crippen LogP contribution in [-0.2, 0) is 4.74 Å². The molecule has 0 heterocycles. The van der Waals surface area contributed by atoms with Gasteiger partial charge in [0.15, 0.2) is 0 Å². The second-order valence-corrected chi connectivity index (χ2v) is 3.71. The van der Waals surface area contributed by atoms with Crippen molar-refractivity contribution >= 4 is 11.6 Å². The van der Waals surface area contributed by atoms with Crippen molar-refractivity contribution in [1.82, 2.24) is 0 Å². The molecular formula is C9H15ClO. The van der Waals surface area contributed by atoms with E-state index in [0.717, 1.165) is 19.4 Å². The first kappa shape index (κ1) is 9.08. The van der Waals surface area contributed by atoms with Gasteiger partial charge in [0.1, 0.15) is 0 Å². The van der Waals surface area contributed by atoms with Gasteiger partial charge in [-0.15, -0.1) is 11.6 Å². The van der Waals surface area contributed by atoms with Gasteiger partial charge in [-0.2, -0.15) is 0 Å². The third-order valence-electron chi connectivity index (χ3n) is 2.15. The highest BCUT2D eigenvalue weighted by molar-refractivity contribution is 6.22. The normalized spacial score (nSPS) is 26.8. The summed E-state index contributed by atoms with van der Waals surface area (Å²) in [6.45, 7) is 3.00. The van der Waals surface area contributed by atoms with E-state index in [1.165, 1.54) is 5.57 Å². The number of methoxy groups -OCH3 is 1. The average Bonchev–Trinajstić information content (AvgIpc) is 2.36. The molecule has 64 valence electrons. The standard InChI is InChI=1S/C9H15ClO/c1-7(6-11-2)8-3-4-9(10)5-8/h5,7,9H,3-4,6H2,1-2H3. The maximum absolute atomic E-state index is 5.93. The van der Waals surface area contributed by atoms with Gasteiger partial charge < -0.3 is 4.74 Å². The number of halogens is 1. The largest absolute Gasteiger partial charge is 0.384 e. The highest BCUT2D eigenvalue weighted by Gasteiger charge is 2.17. The fourth-order valence-electron chi connectivity index (χ4n) is 1.47. The molecule has 0 aromatic heterocycles. The molecule has 2 unspecified atom stereocenters. The third-order valence-corrected chi connectivity index (χ3v) is 2.50. The SMILES string of the molecule is COCC(C)C1=CC(Cl)CC1. The molecule has 0 amide bonds. The van der Waals surface area contributed by atoms with E-state index in [0.29, 0.717) is 5.92 Å². The monoisotopic (exact) mass is 174 g/mol. The summed E-state index contributed by atoms with van der Waals surface area (Å²) in [5.74, 6) is 0.545. The van der Waals surface area contributed by atoms with Crippen LogP contribution < -0.4 is 0 Å². The van der Waals surface area contributed by atoms with E-state index in [1.54, 1.807) is 7.11 Å². The summed E-state index contributed by atoms with van der Waals surface area (Å²) in [7, 11) is 1.74. The van der Waals surface area contributed by atoms with Crippen molar-refractivity contribution in [3.63, 3.8) is 0 Å². The van der Waals surface area contributed by atoms with Crippen molar-refractivity contribution in [2.24, 2.45) is 5.92 Å². The van der Waals surface area contributed by atoms with Crippen LogP contribution in [0.1, 0.15) is 19.8 Å². The summed E-state index contributed by atoms with van der Waals surface area (Å²) in [5, 5.41) is 0.268. The first-order valence-electron chi connectivity index (χ1n) is 4.07. The molecule has 0 N–H and O–H groups in total. The van der Waals surface area contributed by atoms with Gasteiger partial charge in [0.25, 0.3) is 0 Å². The van der Waals surface area contributed by atoms with Crippen LogP contribution in [0.5, 0.6) is 0 Å². The predicted molar refractivity (Wildman–Crippen MR) is 48.0 cm³/mol. The average molecular weight is 175 g/mol. The summed E-state index contributed by atoms with van der Waals surface area (Å²) in [6, 6.07) is 0. The van der Waals surface area contributed by atoms with Gasteiger partial charge in [0.2, 0.25) is 0 Å². The molecule has 0 bridgehead atoms. The zero-order chi connectivity index (χ0) is 8.27. The Hall–Kier alpha value is -0.0100. The summed E-state index contributed by atoms with van der Waals surface area (Å²) in [6.07, 6.45) is 4.43. The van der Waals surface area contributed by atoms with Gasteiger partial charge in [0.05, 0.1) is 12.0 Å². The van der Waals surface area contributed by atoms with Gasteiger partial charge in [-0.3, -0.25) is 0 Å². The molecular weight excluding hydrogens is 160 g/mol. The van der Waals surface area contributed by atoms with Gasteiger partial charge >= 0.3 is 0 Å². The van der Waals surface area contributed by atoms with E-state index < -0.39 is 0 Å². The lowest BCUT2D eigenvalue weighted by atomic mass is 10.0. The minimum absolute atomic E-state index is 0.268. The Balaban J connectivity index is 2.41. The molecule has 2 atom stereocenters. The minimum Gasteiger partial charge on any atom is -0.384 e. The second-order valence-electron chi connectivity index (χ2n) is 3.15. The van der Waals surface area contributed by atoms with Crippen LogP contribution in [0.15, 0.2) is 11.6 Å². The topological polar surface area (TPSA) is 9.23 Å². The van der Waals surface area contributed by atoms with Crippen LogP contribution in [0.25, 0.3) is 0 Å². The highest BCUT2D eigenvalue weighted by Crippen LogP contribution is 2.28. The fraction of sp³-hybridized carbons (Fsp3) is 0.778. The number of allylic oxidation sites excluding steroid dienone is 1. The molecule has 2 heteroatoms. The smallest absolute Gasteiger partial charge is 0.0525 e. The lowest BCUT2D eigenvalue weighted by Gasteiger charge is -2.10. The zero-order valence-electron chi connectivity index (χ0n) is 7.14. The van der Waals surface area contributed by atoms with Crippen LogP contribution in [0.2, 0.25) is 0 Å². The Kier molecular flexibility index (Phi) is 3.41. The van der Waals surface area contributed by atoms with Crippen molar-refractivity contribution in [2.75, 3.05) is 13.7 Å². The van der Waals surface area contributed by atoms with Gasteiger partial charge in [-0.25, -0.2) is 0 Å². The number of hydrogen-bond acceptors (Lipinski definition) is 1. The Morgan fingerprint density at radius 2 is 2.55 bits per heavy atom. The van der Waals surface area contributed by atoms with Crippen LogP contribution in [0, 0.1) is 5.92 Å². The van der Waals surface area contributed by atoms with Crippen LogP contribution in [0.3, 0.4) is 0 Å². The lowest BCUT2D eigenvalue weighted by Crippen LogP contribution is -2.05. The zero-order valence-corrected chi connectivity index (χ0v) is 7.90. The lowest BCUT2D eigenvalue weighted by molar-refractivity contribution is 0.171. The van der Waals surface area contributed by atoms with Crippen LogP contribution in [0.4, 0.5) is 0 Å². The fourth-order valence-corrected chi connectivity index (χ4v) is 1.74. The van der Waals surface area contributed by atoms with Gasteiger partial charge in [-0.1, -0.05) is 18.6 Å². The van der Waals surface area contributed by atoms with Crippen LogP contribution >= 0.6 is 11.6 Å². The third kappa shape index (κ3) is 2.49. The van der Waals surface area contributed by atoms with E-state index in [1.807, 2.05) is 0 Å². The van der Waals surface area contributed by atoms with Crippen molar-refractivity contribution in [1.29, 1.82) is 0 Å². The maximum atomic E-state index is 5.93. The van der Waals surface area contributed by atoms with E-state index >= 15 is 0 Å². The van der Waals surface area contributed by atoms with Gasteiger partial charge in [-0.05, 0) is 12.8 Å². The first-order chi connectivity index (χ1) is 5.24. The molecule has 11 heavy (non-hydrogen) atoms. The minimum atomic E-state index is 0.268. The Morgan fingerprint density at radius 3 is 3.00 bits per heavy atom. The summed E-state index contributed by atoms with van der Waals surface area (Å²) in [5.41, 5.74) is 1.46. The second kappa shape index (κ2) is 4.13. The van der Waals surface area contributed by atoms with E-state index in [2.05, 4.69) is 13.0 Å².